The average Bonchev–Trinajstić information content (AvgIpc) is 3.25. The third-order valence-corrected chi connectivity index (χ3v) is 5.06. The highest BCUT2D eigenvalue weighted by molar-refractivity contribution is 7.10. The molecule has 23 heavy (non-hydrogen) atoms. The summed E-state index contributed by atoms with van der Waals surface area (Å²) in [6.07, 6.45) is 4.31. The predicted octanol–water partition coefficient (Wildman–Crippen LogP) is 3.11. The molecule has 1 aliphatic heterocycles. The third-order valence-electron chi connectivity index (χ3n) is 3.96. The van der Waals surface area contributed by atoms with E-state index in [0.29, 0.717) is 19.0 Å². The fourth-order valence-corrected chi connectivity index (χ4v) is 3.43. The molecule has 0 spiro atoms. The van der Waals surface area contributed by atoms with Gasteiger partial charge in [0.05, 0.1) is 12.7 Å². The minimum atomic E-state index is -0.00862. The summed E-state index contributed by atoms with van der Waals surface area (Å²) in [5.74, 6) is 1.09. The number of ether oxygens (including phenoxy) is 1. The molecule has 0 unspecified atom stereocenters. The monoisotopic (exact) mass is 331 g/mol. The first-order valence-corrected chi connectivity index (χ1v) is 8.73. The number of urea groups is 1. The van der Waals surface area contributed by atoms with E-state index in [0.717, 1.165) is 18.7 Å². The van der Waals surface area contributed by atoms with Crippen molar-refractivity contribution in [1.29, 1.82) is 0 Å². The fourth-order valence-electron chi connectivity index (χ4n) is 2.64. The number of hydrogen-bond donors (Lipinski definition) is 1. The maximum atomic E-state index is 12.3. The lowest BCUT2D eigenvalue weighted by molar-refractivity contribution is 0.186. The SMILES string of the molecule is C[C@@H](CNC(=O)N1CC[C@@H](Oc2cccnc2)C1)c1cccs1. The van der Waals surface area contributed by atoms with Crippen molar-refractivity contribution >= 4 is 17.4 Å². The minimum absolute atomic E-state index is 0.00862. The van der Waals surface area contributed by atoms with Crippen LogP contribution in [0.1, 0.15) is 24.1 Å². The number of likely N-dealkylation sites (tertiary alicyclic amines) is 1. The normalized spacial score (nSPS) is 18.7. The van der Waals surface area contributed by atoms with Crippen LogP contribution < -0.4 is 10.1 Å². The molecule has 1 saturated heterocycles. The van der Waals surface area contributed by atoms with Gasteiger partial charge in [-0.05, 0) is 23.6 Å². The maximum Gasteiger partial charge on any atom is 0.317 e. The number of nitrogens with one attached hydrogen (secondary N) is 1. The molecule has 1 aliphatic rings. The Kier molecular flexibility index (Phi) is 5.12. The summed E-state index contributed by atoms with van der Waals surface area (Å²) in [6.45, 7) is 4.13. The summed E-state index contributed by atoms with van der Waals surface area (Å²) in [6, 6.07) is 7.87. The Bertz CT molecular complexity index is 618. The smallest absolute Gasteiger partial charge is 0.317 e. The average molecular weight is 331 g/mol. The first-order valence-electron chi connectivity index (χ1n) is 7.85. The molecule has 0 aromatic carbocycles. The summed E-state index contributed by atoms with van der Waals surface area (Å²) < 4.78 is 5.86. The van der Waals surface area contributed by atoms with Gasteiger partial charge in [-0.25, -0.2) is 4.79 Å². The van der Waals surface area contributed by atoms with E-state index in [2.05, 4.69) is 28.7 Å². The summed E-state index contributed by atoms with van der Waals surface area (Å²) in [4.78, 5) is 19.4. The topological polar surface area (TPSA) is 54.5 Å². The summed E-state index contributed by atoms with van der Waals surface area (Å²) in [5.41, 5.74) is 0. The highest BCUT2D eigenvalue weighted by Gasteiger charge is 2.27. The fraction of sp³-hybridized carbons (Fsp3) is 0.412. The zero-order valence-corrected chi connectivity index (χ0v) is 14.0. The van der Waals surface area contributed by atoms with Crippen molar-refractivity contribution in [3.63, 3.8) is 0 Å². The summed E-state index contributed by atoms with van der Waals surface area (Å²) >= 11 is 1.73. The van der Waals surface area contributed by atoms with Crippen LogP contribution >= 0.6 is 11.3 Å². The van der Waals surface area contributed by atoms with Crippen LogP contribution in [-0.4, -0.2) is 41.7 Å². The number of hydrogen-bond acceptors (Lipinski definition) is 4. The van der Waals surface area contributed by atoms with Crippen molar-refractivity contribution in [2.75, 3.05) is 19.6 Å². The second-order valence-electron chi connectivity index (χ2n) is 5.77. The van der Waals surface area contributed by atoms with Crippen LogP contribution in [0.25, 0.3) is 0 Å². The van der Waals surface area contributed by atoms with Crippen LogP contribution in [0, 0.1) is 0 Å². The van der Waals surface area contributed by atoms with E-state index < -0.39 is 0 Å². The van der Waals surface area contributed by atoms with Crippen molar-refractivity contribution in [3.05, 3.63) is 46.9 Å². The van der Waals surface area contributed by atoms with Gasteiger partial charge in [-0.3, -0.25) is 4.98 Å². The number of pyridine rings is 1. The first kappa shape index (κ1) is 15.8. The van der Waals surface area contributed by atoms with Crippen molar-refractivity contribution in [3.8, 4) is 5.75 Å². The maximum absolute atomic E-state index is 12.3. The van der Waals surface area contributed by atoms with Gasteiger partial charge < -0.3 is 15.0 Å². The molecule has 0 aliphatic carbocycles. The Morgan fingerprint density at radius 3 is 3.17 bits per heavy atom. The lowest BCUT2D eigenvalue weighted by Gasteiger charge is -2.19. The third kappa shape index (κ3) is 4.22. The molecule has 1 N–H and O–H groups in total. The van der Waals surface area contributed by atoms with Crippen molar-refractivity contribution in [2.24, 2.45) is 0 Å². The van der Waals surface area contributed by atoms with Gasteiger partial charge in [0.15, 0.2) is 0 Å². The molecule has 2 atom stereocenters. The van der Waals surface area contributed by atoms with Crippen molar-refractivity contribution in [2.45, 2.75) is 25.4 Å². The molecular weight excluding hydrogens is 310 g/mol. The Morgan fingerprint density at radius 2 is 2.43 bits per heavy atom. The Morgan fingerprint density at radius 1 is 1.52 bits per heavy atom. The number of amides is 2. The molecule has 122 valence electrons. The Balaban J connectivity index is 1.44. The highest BCUT2D eigenvalue weighted by Crippen LogP contribution is 2.20. The molecule has 2 aromatic heterocycles. The van der Waals surface area contributed by atoms with Gasteiger partial charge in [0, 0.05) is 36.5 Å². The second-order valence-corrected chi connectivity index (χ2v) is 6.75. The number of rotatable bonds is 5. The predicted molar refractivity (Wildman–Crippen MR) is 91.0 cm³/mol. The van der Waals surface area contributed by atoms with E-state index in [1.165, 1.54) is 4.88 Å². The van der Waals surface area contributed by atoms with Gasteiger partial charge in [0.1, 0.15) is 11.9 Å². The number of nitrogens with zero attached hydrogens (tertiary/aromatic N) is 2. The van der Waals surface area contributed by atoms with Gasteiger partial charge in [0.25, 0.3) is 0 Å². The molecule has 3 heterocycles. The van der Waals surface area contributed by atoms with Crippen LogP contribution in [-0.2, 0) is 0 Å². The van der Waals surface area contributed by atoms with E-state index in [4.69, 9.17) is 4.74 Å². The van der Waals surface area contributed by atoms with Gasteiger partial charge in [-0.1, -0.05) is 13.0 Å². The Labute approximate surface area is 140 Å². The zero-order chi connectivity index (χ0) is 16.1. The van der Waals surface area contributed by atoms with Gasteiger partial charge in [-0.2, -0.15) is 0 Å². The quantitative estimate of drug-likeness (QED) is 0.916. The molecular formula is C17H21N3O2S. The van der Waals surface area contributed by atoms with E-state index in [1.54, 1.807) is 23.7 Å². The van der Waals surface area contributed by atoms with E-state index in [1.807, 2.05) is 23.1 Å². The summed E-state index contributed by atoms with van der Waals surface area (Å²) in [5, 5.41) is 5.09. The van der Waals surface area contributed by atoms with Crippen LogP contribution in [0.4, 0.5) is 4.79 Å². The zero-order valence-electron chi connectivity index (χ0n) is 13.1. The molecule has 0 bridgehead atoms. The van der Waals surface area contributed by atoms with Crippen molar-refractivity contribution < 1.29 is 9.53 Å². The van der Waals surface area contributed by atoms with Crippen LogP contribution in [0.15, 0.2) is 42.0 Å². The number of carbonyl (C=O) groups is 1. The summed E-state index contributed by atoms with van der Waals surface area (Å²) in [7, 11) is 0. The highest BCUT2D eigenvalue weighted by atomic mass is 32.1. The number of aromatic nitrogens is 1. The van der Waals surface area contributed by atoms with Crippen LogP contribution in [0.2, 0.25) is 0 Å². The van der Waals surface area contributed by atoms with E-state index in [-0.39, 0.29) is 12.1 Å². The van der Waals surface area contributed by atoms with E-state index in [9.17, 15) is 4.79 Å². The van der Waals surface area contributed by atoms with Gasteiger partial charge in [-0.15, -0.1) is 11.3 Å². The van der Waals surface area contributed by atoms with Gasteiger partial charge >= 0.3 is 6.03 Å². The van der Waals surface area contributed by atoms with Crippen molar-refractivity contribution in [1.82, 2.24) is 15.2 Å². The standard InChI is InChI=1S/C17H21N3O2S/c1-13(16-5-3-9-23-16)10-19-17(21)20-8-6-15(12-20)22-14-4-2-7-18-11-14/h2-5,7,9,11,13,15H,6,8,10,12H2,1H3,(H,19,21)/t13-,15+/m0/s1. The molecule has 6 heteroatoms. The molecule has 0 radical (unpaired) electrons. The lowest BCUT2D eigenvalue weighted by atomic mass is 10.1. The van der Waals surface area contributed by atoms with E-state index >= 15 is 0 Å². The number of thiophene rings is 1. The molecule has 2 aromatic rings. The lowest BCUT2D eigenvalue weighted by Crippen LogP contribution is -2.40. The van der Waals surface area contributed by atoms with Gasteiger partial charge in [0.2, 0.25) is 0 Å². The Hall–Kier alpha value is -2.08. The van der Waals surface area contributed by atoms with Crippen LogP contribution in [0.5, 0.6) is 5.75 Å². The molecule has 2 amide bonds. The second kappa shape index (κ2) is 7.46. The van der Waals surface area contributed by atoms with Crippen LogP contribution in [0.3, 0.4) is 0 Å². The largest absolute Gasteiger partial charge is 0.487 e. The molecule has 5 nitrogen and oxygen atoms in total. The minimum Gasteiger partial charge on any atom is -0.487 e. The molecule has 0 saturated carbocycles. The molecule has 3 rings (SSSR count). The molecule has 1 fully saturated rings. The first-order chi connectivity index (χ1) is 11.2. The number of carbonyl (C=O) groups excluding carboxylic acids is 1.